The van der Waals surface area contributed by atoms with E-state index in [1.807, 2.05) is 0 Å². The Kier molecular flexibility index (Phi) is 3.64. The predicted octanol–water partition coefficient (Wildman–Crippen LogP) is -2.41. The van der Waals surface area contributed by atoms with Gasteiger partial charge in [0.25, 0.3) is 0 Å². The number of nitrogens with zero attached hydrogens (tertiary/aromatic N) is 2. The van der Waals surface area contributed by atoms with Gasteiger partial charge in [-0.05, 0) is 0 Å². The molecule has 1 aromatic rings. The zero-order valence-corrected chi connectivity index (χ0v) is 12.3. The van der Waals surface area contributed by atoms with Crippen LogP contribution in [0.15, 0.2) is 6.33 Å². The van der Waals surface area contributed by atoms with Gasteiger partial charge in [-0.2, -0.15) is 0 Å². The first-order valence-corrected chi connectivity index (χ1v) is 8.64. The molecule has 0 amide bonds. The van der Waals surface area contributed by atoms with Crippen molar-refractivity contribution in [3.05, 3.63) is 6.33 Å². The molecule has 2 saturated heterocycles. The zero-order chi connectivity index (χ0) is 15.2. The number of nitrogens with one attached hydrogen (secondary N) is 1. The first-order chi connectivity index (χ1) is 9.87. The van der Waals surface area contributed by atoms with Gasteiger partial charge in [0.05, 0.1) is 0 Å². The summed E-state index contributed by atoms with van der Waals surface area (Å²) in [5.41, 5.74) is 11.5. The monoisotopic (exact) mass is 317 g/mol. The van der Waals surface area contributed by atoms with Crippen molar-refractivity contribution in [3.63, 3.8) is 0 Å². The fourth-order valence-corrected chi connectivity index (χ4v) is 3.66. The Morgan fingerprint density at radius 3 is 2.95 bits per heavy atom. The Labute approximate surface area is 121 Å². The van der Waals surface area contributed by atoms with E-state index in [9.17, 15) is 10.00 Å². The number of aliphatic hydroxyl groups is 1. The molecular formula is C9H17BN5O5P. The van der Waals surface area contributed by atoms with Crippen LogP contribution in [0.2, 0.25) is 0 Å². The zero-order valence-electron chi connectivity index (χ0n) is 11.3. The van der Waals surface area contributed by atoms with Crippen LogP contribution in [-0.4, -0.2) is 58.7 Å². The van der Waals surface area contributed by atoms with E-state index in [0.29, 0.717) is 0 Å². The van der Waals surface area contributed by atoms with Crippen molar-refractivity contribution in [2.24, 2.45) is 0 Å². The summed E-state index contributed by atoms with van der Waals surface area (Å²) in [4.78, 5) is 17.5. The van der Waals surface area contributed by atoms with Crippen molar-refractivity contribution in [1.29, 1.82) is 0 Å². The van der Waals surface area contributed by atoms with Gasteiger partial charge >= 0.3 is 121 Å². The van der Waals surface area contributed by atoms with Crippen molar-refractivity contribution in [3.8, 4) is 0 Å². The molecule has 2 aliphatic rings. The fraction of sp³-hybridized carbons (Fsp3) is 0.556. The number of aliphatic hydroxyl groups excluding tert-OH is 1. The second kappa shape index (κ2) is 5.20. The number of nitrogen functional groups attached to an aromatic ring is 2. The molecular weight excluding hydrogens is 300 g/mol. The van der Waals surface area contributed by atoms with E-state index >= 15 is 0 Å². The summed E-state index contributed by atoms with van der Waals surface area (Å²) in [6.07, 6.45) is -1.71. The van der Waals surface area contributed by atoms with Gasteiger partial charge in [-0.15, -0.1) is 0 Å². The molecule has 116 valence electrons. The van der Waals surface area contributed by atoms with E-state index in [0.717, 1.165) is 0 Å². The molecule has 0 aliphatic carbocycles. The Balaban J connectivity index is 1.75. The van der Waals surface area contributed by atoms with Crippen LogP contribution in [0.5, 0.6) is 0 Å². The number of hydrogen-bond donors (Lipinski definition) is 5. The molecule has 10 nitrogen and oxygen atoms in total. The molecule has 0 spiro atoms. The van der Waals surface area contributed by atoms with Gasteiger partial charge in [-0.25, -0.2) is 0 Å². The van der Waals surface area contributed by atoms with Crippen molar-refractivity contribution < 1.29 is 23.8 Å². The Morgan fingerprint density at radius 1 is 1.43 bits per heavy atom. The van der Waals surface area contributed by atoms with Crippen LogP contribution in [0.3, 0.4) is 0 Å². The minimum atomic E-state index is -3.20. The molecule has 0 bridgehead atoms. The van der Waals surface area contributed by atoms with Crippen molar-refractivity contribution in [1.82, 2.24) is 9.97 Å². The summed E-state index contributed by atoms with van der Waals surface area (Å²) < 4.78 is 16.2. The van der Waals surface area contributed by atoms with E-state index in [2.05, 4.69) is 15.3 Å². The molecule has 2 fully saturated rings. The molecule has 2 unspecified atom stereocenters. The van der Waals surface area contributed by atoms with Gasteiger partial charge in [0, 0.05) is 0 Å². The second-order valence-corrected chi connectivity index (χ2v) is 7.36. The van der Waals surface area contributed by atoms with Crippen LogP contribution in [0.25, 0.3) is 0 Å². The number of hydrogen-bond acceptors (Lipinski definition) is 10. The Hall–Kier alpha value is -1.23. The minimum absolute atomic E-state index is 0.132. The summed E-state index contributed by atoms with van der Waals surface area (Å²) in [5.74, 6) is 0.391. The third-order valence-electron chi connectivity index (χ3n) is 3.40. The van der Waals surface area contributed by atoms with E-state index in [1.165, 1.54) is 13.9 Å². The number of anilines is 3. The maximum atomic E-state index is 10.3. The Morgan fingerprint density at radius 2 is 2.19 bits per heavy atom. The van der Waals surface area contributed by atoms with Crippen LogP contribution in [0.1, 0.15) is 0 Å². The second-order valence-electron chi connectivity index (χ2n) is 5.04. The molecule has 1 aromatic heterocycles. The molecule has 7 N–H and O–H groups in total. The number of aromatic nitrogens is 2. The van der Waals surface area contributed by atoms with Crippen LogP contribution in [-0.2, 0) is 13.8 Å². The van der Waals surface area contributed by atoms with Gasteiger partial charge in [0.1, 0.15) is 0 Å². The number of ether oxygens (including phenoxy) is 1. The summed E-state index contributed by atoms with van der Waals surface area (Å²) >= 11 is 0. The molecule has 21 heavy (non-hydrogen) atoms. The Bertz CT molecular complexity index is 551. The maximum absolute atomic E-state index is 10.3. The van der Waals surface area contributed by atoms with Crippen LogP contribution < -0.4 is 16.8 Å². The topological polar surface area (TPSA) is 158 Å². The molecule has 0 saturated carbocycles. The summed E-state index contributed by atoms with van der Waals surface area (Å²) in [5, 5.41) is 13.1. The quantitative estimate of drug-likeness (QED) is 0.294. The van der Waals surface area contributed by atoms with Gasteiger partial charge in [-0.1, -0.05) is 0 Å². The molecule has 12 heteroatoms. The first kappa shape index (κ1) is 14.7. The van der Waals surface area contributed by atoms with E-state index < -0.39 is 32.4 Å². The third-order valence-corrected chi connectivity index (χ3v) is 4.81. The molecule has 3 heterocycles. The van der Waals surface area contributed by atoms with Gasteiger partial charge in [-0.3, -0.25) is 0 Å². The summed E-state index contributed by atoms with van der Waals surface area (Å²) in [6.45, 7) is 0.153. The van der Waals surface area contributed by atoms with E-state index in [-0.39, 0.29) is 23.9 Å². The predicted molar refractivity (Wildman–Crippen MR) is 79.1 cm³/mol. The summed E-state index contributed by atoms with van der Waals surface area (Å²) in [6, 6.07) is 0. The SMILES string of the molecule is B[PH]1(O)OC[C@H]2OC(Nc3ncnc(N)c3N)C(O)[C@@H]2O1. The van der Waals surface area contributed by atoms with Crippen LogP contribution >= 0.6 is 7.82 Å². The molecule has 0 radical (unpaired) electrons. The molecule has 0 aromatic carbocycles. The standard InChI is InChI=1S/C9H17BN5O5P/c10-21(17)18-1-3-6(20-21)5(16)9(19-3)15-8-4(11)7(12)13-2-14-8/h2-3,5-6,9,16-17,21H,1,10-11H2,(H3,12,13,14,15)/t3-,5?,6-,9?/m1/s1. The molecule has 4 atom stereocenters. The average Bonchev–Trinajstić information content (AvgIpc) is 2.71. The number of rotatable bonds is 2. The van der Waals surface area contributed by atoms with Crippen LogP contribution in [0.4, 0.5) is 17.3 Å². The van der Waals surface area contributed by atoms with Gasteiger partial charge in [0.15, 0.2) is 0 Å². The number of nitrogens with two attached hydrogens (primary N) is 2. The third kappa shape index (κ3) is 2.76. The average molecular weight is 317 g/mol. The van der Waals surface area contributed by atoms with Crippen LogP contribution in [0, 0.1) is 0 Å². The van der Waals surface area contributed by atoms with Crippen molar-refractivity contribution >= 4 is 32.7 Å². The van der Waals surface area contributed by atoms with Gasteiger partial charge in [0.2, 0.25) is 0 Å². The number of fused-ring (bicyclic) bond motifs is 1. The first-order valence-electron chi connectivity index (χ1n) is 6.37. The van der Waals surface area contributed by atoms with Gasteiger partial charge < -0.3 is 0 Å². The normalized spacial score (nSPS) is 35.9. The molecule has 2 aliphatic heterocycles. The van der Waals surface area contributed by atoms with E-state index in [1.54, 1.807) is 0 Å². The molecule has 3 rings (SSSR count). The summed E-state index contributed by atoms with van der Waals surface area (Å²) in [7, 11) is -1.71. The fourth-order valence-electron chi connectivity index (χ4n) is 2.32. The van der Waals surface area contributed by atoms with Crippen molar-refractivity contribution in [2.75, 3.05) is 23.4 Å². The van der Waals surface area contributed by atoms with Crippen molar-refractivity contribution in [2.45, 2.75) is 24.5 Å². The van der Waals surface area contributed by atoms with E-state index in [4.69, 9.17) is 25.3 Å².